The lowest BCUT2D eigenvalue weighted by molar-refractivity contribution is 0.355. The Morgan fingerprint density at radius 3 is 2.13 bits per heavy atom. The number of nitrogens with zero attached hydrogens (tertiary/aromatic N) is 2. The van der Waals surface area contributed by atoms with E-state index in [4.69, 9.17) is 0 Å². The molecule has 0 atom stereocenters. The largest absolute Gasteiger partial charge is 0.261 e. The Morgan fingerprint density at radius 1 is 1.20 bits per heavy atom. The summed E-state index contributed by atoms with van der Waals surface area (Å²) in [7, 11) is 0. The van der Waals surface area contributed by atoms with Gasteiger partial charge >= 0.3 is 0 Å². The van der Waals surface area contributed by atoms with Gasteiger partial charge in [-0.2, -0.15) is 0 Å². The molecule has 0 spiro atoms. The molecule has 4 heteroatoms. The van der Waals surface area contributed by atoms with E-state index >= 15 is 0 Å². The van der Waals surface area contributed by atoms with Gasteiger partial charge in [0.1, 0.15) is 0 Å². The van der Waals surface area contributed by atoms with Gasteiger partial charge in [-0.3, -0.25) is 5.01 Å². The highest BCUT2D eigenvalue weighted by Crippen LogP contribution is 2.05. The minimum absolute atomic E-state index is 0.865. The van der Waals surface area contributed by atoms with Crippen LogP contribution in [0.25, 0.3) is 0 Å². The summed E-state index contributed by atoms with van der Waals surface area (Å²) in [5, 5.41) is 5.28. The molecule has 2 rings (SSSR count). The molecule has 0 amide bonds. The monoisotopic (exact) mass is 270 g/mol. The molecule has 1 aromatic carbocycles. The van der Waals surface area contributed by atoms with E-state index < -0.39 is 0 Å². The van der Waals surface area contributed by atoms with E-state index in [9.17, 15) is 4.91 Å². The van der Waals surface area contributed by atoms with Crippen LogP contribution < -0.4 is 0 Å². The zero-order chi connectivity index (χ0) is 10.9. The van der Waals surface area contributed by atoms with Crippen LogP contribution in [0.1, 0.15) is 18.4 Å². The molecule has 0 aromatic heterocycles. The van der Waals surface area contributed by atoms with Crippen molar-refractivity contribution in [2.24, 2.45) is 5.29 Å². The van der Waals surface area contributed by atoms with E-state index in [0.29, 0.717) is 0 Å². The maximum atomic E-state index is 9.68. The second-order valence-electron chi connectivity index (χ2n) is 3.36. The van der Waals surface area contributed by atoms with Crippen LogP contribution in [0.4, 0.5) is 0 Å². The lowest BCUT2D eigenvalue weighted by atomic mass is 10.2. The number of hydrogen-bond acceptors (Lipinski definition) is 2. The summed E-state index contributed by atoms with van der Waals surface area (Å²) in [5.41, 5.74) is 1.33. The molecule has 1 saturated heterocycles. The summed E-state index contributed by atoms with van der Waals surface area (Å²) in [6.07, 6.45) is 2.26. The van der Waals surface area contributed by atoms with Gasteiger partial charge in [-0.25, -0.2) is 0 Å². The molecule has 0 saturated carbocycles. The van der Waals surface area contributed by atoms with Crippen molar-refractivity contribution in [3.05, 3.63) is 40.8 Å². The summed E-state index contributed by atoms with van der Waals surface area (Å²) < 4.78 is 0. The van der Waals surface area contributed by atoms with Gasteiger partial charge in [-0.1, -0.05) is 46.3 Å². The van der Waals surface area contributed by atoms with Crippen molar-refractivity contribution >= 4 is 15.9 Å². The first-order valence-electron chi connectivity index (χ1n) is 5.05. The lowest BCUT2D eigenvalue weighted by Gasteiger charge is -2.00. The van der Waals surface area contributed by atoms with Crippen LogP contribution >= 0.6 is 15.9 Å². The third-order valence-corrected chi connectivity index (χ3v) is 2.84. The number of rotatable bonds is 2. The zero-order valence-electron chi connectivity index (χ0n) is 8.60. The van der Waals surface area contributed by atoms with E-state index in [-0.39, 0.29) is 0 Å². The van der Waals surface area contributed by atoms with Crippen LogP contribution in [0.5, 0.6) is 0 Å². The van der Waals surface area contributed by atoms with Crippen molar-refractivity contribution < 1.29 is 0 Å². The van der Waals surface area contributed by atoms with E-state index in [1.807, 2.05) is 18.2 Å². The molecular weight excluding hydrogens is 256 g/mol. The average molecular weight is 271 g/mol. The normalized spacial score (nSPS) is 14.3. The van der Waals surface area contributed by atoms with E-state index in [1.54, 1.807) is 5.01 Å². The van der Waals surface area contributed by atoms with Gasteiger partial charge in [0.15, 0.2) is 0 Å². The second kappa shape index (κ2) is 7.40. The highest BCUT2D eigenvalue weighted by Gasteiger charge is 2.08. The molecule has 3 nitrogen and oxygen atoms in total. The molecule has 0 radical (unpaired) electrons. The number of halogens is 1. The Balaban J connectivity index is 0.000000151. The van der Waals surface area contributed by atoms with Gasteiger partial charge in [0.25, 0.3) is 0 Å². The van der Waals surface area contributed by atoms with Gasteiger partial charge < -0.3 is 0 Å². The van der Waals surface area contributed by atoms with Gasteiger partial charge in [0.05, 0.1) is 5.29 Å². The highest BCUT2D eigenvalue weighted by molar-refractivity contribution is 9.08. The predicted molar refractivity (Wildman–Crippen MR) is 65.7 cm³/mol. The van der Waals surface area contributed by atoms with Gasteiger partial charge in [0.2, 0.25) is 0 Å². The third kappa shape index (κ3) is 4.93. The molecule has 82 valence electrons. The summed E-state index contributed by atoms with van der Waals surface area (Å²) in [6, 6.07) is 10.3. The Bertz CT molecular complexity index is 273. The first-order valence-corrected chi connectivity index (χ1v) is 6.17. The Morgan fingerprint density at radius 2 is 1.80 bits per heavy atom. The fourth-order valence-corrected chi connectivity index (χ4v) is 1.72. The molecule has 1 fully saturated rings. The van der Waals surface area contributed by atoms with Crippen LogP contribution in [-0.2, 0) is 5.33 Å². The van der Waals surface area contributed by atoms with E-state index in [2.05, 4.69) is 33.3 Å². The molecular formula is C11H15BrN2O. The summed E-state index contributed by atoms with van der Waals surface area (Å²) >= 11 is 3.36. The molecule has 0 N–H and O–H groups in total. The Labute approximate surface area is 98.5 Å². The summed E-state index contributed by atoms with van der Waals surface area (Å²) in [4.78, 5) is 9.68. The lowest BCUT2D eigenvalue weighted by Crippen LogP contribution is -2.08. The van der Waals surface area contributed by atoms with Crippen LogP contribution in [0, 0.1) is 4.91 Å². The third-order valence-electron chi connectivity index (χ3n) is 2.20. The van der Waals surface area contributed by atoms with Gasteiger partial charge in [0, 0.05) is 18.4 Å². The van der Waals surface area contributed by atoms with Crippen LogP contribution in [0.3, 0.4) is 0 Å². The molecule has 1 aliphatic heterocycles. The second-order valence-corrected chi connectivity index (χ2v) is 3.92. The fourth-order valence-electron chi connectivity index (χ4n) is 1.35. The quantitative estimate of drug-likeness (QED) is 0.610. The standard InChI is InChI=1S/C7H7Br.C4H8N2O/c8-6-7-4-2-1-3-5-7;7-5-6-3-1-2-4-6/h1-5H,6H2;1-4H2. The molecule has 0 aliphatic carbocycles. The number of benzene rings is 1. The van der Waals surface area contributed by atoms with Crippen LogP contribution in [-0.4, -0.2) is 18.1 Å². The zero-order valence-corrected chi connectivity index (χ0v) is 10.2. The van der Waals surface area contributed by atoms with Crippen LogP contribution in [0.15, 0.2) is 35.6 Å². The number of nitroso groups, excluding NO2 is 1. The summed E-state index contributed by atoms with van der Waals surface area (Å²) in [5.74, 6) is 0. The minimum Gasteiger partial charge on any atom is -0.261 e. The van der Waals surface area contributed by atoms with Gasteiger partial charge in [-0.05, 0) is 18.4 Å². The fraction of sp³-hybridized carbons (Fsp3) is 0.455. The maximum absolute atomic E-state index is 9.68. The maximum Gasteiger partial charge on any atom is 0.0523 e. The SMILES string of the molecule is BrCc1ccccc1.O=NN1CCCC1. The minimum atomic E-state index is 0.865. The first-order chi connectivity index (χ1) is 7.36. The summed E-state index contributed by atoms with van der Waals surface area (Å²) in [6.45, 7) is 1.73. The molecule has 1 aromatic rings. The highest BCUT2D eigenvalue weighted by atomic mass is 79.9. The molecule has 1 heterocycles. The van der Waals surface area contributed by atoms with Crippen LogP contribution in [0.2, 0.25) is 0 Å². The number of hydrogen-bond donors (Lipinski definition) is 0. The number of alkyl halides is 1. The molecule has 15 heavy (non-hydrogen) atoms. The smallest absolute Gasteiger partial charge is 0.0523 e. The van der Waals surface area contributed by atoms with Crippen molar-refractivity contribution in [1.29, 1.82) is 0 Å². The van der Waals surface area contributed by atoms with Crippen molar-refractivity contribution in [2.45, 2.75) is 18.2 Å². The Kier molecular flexibility index (Phi) is 6.00. The topological polar surface area (TPSA) is 32.7 Å². The van der Waals surface area contributed by atoms with E-state index in [0.717, 1.165) is 31.3 Å². The first kappa shape index (κ1) is 12.2. The van der Waals surface area contributed by atoms with Crippen molar-refractivity contribution in [2.75, 3.05) is 13.1 Å². The van der Waals surface area contributed by atoms with E-state index in [1.165, 1.54) is 5.56 Å². The van der Waals surface area contributed by atoms with Gasteiger partial charge in [-0.15, -0.1) is 4.91 Å². The molecule has 1 aliphatic rings. The van der Waals surface area contributed by atoms with Crippen molar-refractivity contribution in [3.8, 4) is 0 Å². The average Bonchev–Trinajstić information content (AvgIpc) is 2.84. The molecule has 0 bridgehead atoms. The van der Waals surface area contributed by atoms with Crippen molar-refractivity contribution in [3.63, 3.8) is 0 Å². The predicted octanol–water partition coefficient (Wildman–Crippen LogP) is 3.35. The van der Waals surface area contributed by atoms with Crippen molar-refractivity contribution in [1.82, 2.24) is 5.01 Å². The Hall–Kier alpha value is -0.900. The molecule has 0 unspecified atom stereocenters.